The first kappa shape index (κ1) is 12.9. The number of hydrogen-bond acceptors (Lipinski definition) is 3. The molecule has 0 saturated heterocycles. The molecule has 0 atom stereocenters. The van der Waals surface area contributed by atoms with Crippen molar-refractivity contribution in [2.24, 2.45) is 0 Å². The summed E-state index contributed by atoms with van der Waals surface area (Å²) in [5.41, 5.74) is 1.26. The molecule has 0 N–H and O–H groups in total. The zero-order valence-electron chi connectivity index (χ0n) is 9.48. The Bertz CT molecular complexity index is 579. The van der Waals surface area contributed by atoms with E-state index in [0.29, 0.717) is 27.2 Å². The lowest BCUT2D eigenvalue weighted by molar-refractivity contribution is 0.112. The van der Waals surface area contributed by atoms with Crippen molar-refractivity contribution in [1.82, 2.24) is 4.98 Å². The van der Waals surface area contributed by atoms with Gasteiger partial charge in [0.1, 0.15) is 5.75 Å². The summed E-state index contributed by atoms with van der Waals surface area (Å²) in [6.45, 7) is 1.81. The Labute approximate surface area is 114 Å². The average molecular weight is 282 g/mol. The van der Waals surface area contributed by atoms with Gasteiger partial charge in [-0.15, -0.1) is 0 Å². The molecule has 3 nitrogen and oxygen atoms in total. The van der Waals surface area contributed by atoms with Crippen molar-refractivity contribution in [2.45, 2.75) is 6.92 Å². The quantitative estimate of drug-likeness (QED) is 0.788. The molecular formula is C13H9Cl2NO2. The average Bonchev–Trinajstić information content (AvgIpc) is 2.30. The van der Waals surface area contributed by atoms with Gasteiger partial charge in [0, 0.05) is 27.4 Å². The molecule has 2 aromatic rings. The lowest BCUT2D eigenvalue weighted by Crippen LogP contribution is -1.93. The van der Waals surface area contributed by atoms with Crippen molar-refractivity contribution in [1.29, 1.82) is 0 Å². The van der Waals surface area contributed by atoms with E-state index >= 15 is 0 Å². The van der Waals surface area contributed by atoms with Gasteiger partial charge in [0.05, 0.1) is 0 Å². The number of hydrogen-bond donors (Lipinski definition) is 0. The molecule has 2 rings (SSSR count). The van der Waals surface area contributed by atoms with Crippen LogP contribution in [0.25, 0.3) is 0 Å². The number of halogens is 2. The van der Waals surface area contributed by atoms with Crippen molar-refractivity contribution in [3.8, 4) is 11.6 Å². The van der Waals surface area contributed by atoms with Crippen molar-refractivity contribution in [3.63, 3.8) is 0 Å². The number of carbonyl (C=O) groups excluding carboxylic acids is 1. The van der Waals surface area contributed by atoms with Crippen LogP contribution in [-0.4, -0.2) is 11.3 Å². The van der Waals surface area contributed by atoms with Crippen molar-refractivity contribution in [3.05, 3.63) is 51.6 Å². The molecule has 5 heteroatoms. The molecule has 0 amide bonds. The fourth-order valence-electron chi connectivity index (χ4n) is 1.45. The third kappa shape index (κ3) is 3.00. The second-order valence-electron chi connectivity index (χ2n) is 3.72. The van der Waals surface area contributed by atoms with Crippen LogP contribution in [0, 0.1) is 6.92 Å². The predicted molar refractivity (Wildman–Crippen MR) is 70.9 cm³/mol. The van der Waals surface area contributed by atoms with Gasteiger partial charge in [0.2, 0.25) is 5.88 Å². The number of ether oxygens (including phenoxy) is 1. The van der Waals surface area contributed by atoms with Crippen LogP contribution in [0.15, 0.2) is 30.5 Å². The Morgan fingerprint density at radius 2 is 1.83 bits per heavy atom. The van der Waals surface area contributed by atoms with Crippen LogP contribution in [0.2, 0.25) is 10.0 Å². The highest BCUT2D eigenvalue weighted by Crippen LogP contribution is 2.28. The summed E-state index contributed by atoms with van der Waals surface area (Å²) in [4.78, 5) is 14.7. The molecule has 0 aliphatic carbocycles. The van der Waals surface area contributed by atoms with Crippen LogP contribution in [-0.2, 0) is 0 Å². The minimum Gasteiger partial charge on any atom is -0.439 e. The monoisotopic (exact) mass is 281 g/mol. The summed E-state index contributed by atoms with van der Waals surface area (Å²) >= 11 is 11.7. The molecule has 92 valence electrons. The van der Waals surface area contributed by atoms with Gasteiger partial charge in [-0.2, -0.15) is 0 Å². The Morgan fingerprint density at radius 3 is 2.39 bits per heavy atom. The predicted octanol–water partition coefficient (Wildman–Crippen LogP) is 4.30. The molecule has 1 aromatic heterocycles. The number of pyridine rings is 1. The standard InChI is InChI=1S/C13H9Cl2NO2/c1-8-2-9(7-17)6-16-13(8)18-12-4-10(14)3-11(15)5-12/h2-7H,1H3. The van der Waals surface area contributed by atoms with Crippen molar-refractivity contribution < 1.29 is 9.53 Å². The highest BCUT2D eigenvalue weighted by Gasteiger charge is 2.06. The summed E-state index contributed by atoms with van der Waals surface area (Å²) in [5, 5.41) is 0.972. The summed E-state index contributed by atoms with van der Waals surface area (Å²) in [7, 11) is 0. The molecule has 0 unspecified atom stereocenters. The molecular weight excluding hydrogens is 273 g/mol. The molecule has 1 aromatic carbocycles. The van der Waals surface area contributed by atoms with E-state index < -0.39 is 0 Å². The third-order valence-corrected chi connectivity index (χ3v) is 2.67. The summed E-state index contributed by atoms with van der Waals surface area (Å²) < 4.78 is 5.57. The van der Waals surface area contributed by atoms with Gasteiger partial charge >= 0.3 is 0 Å². The van der Waals surface area contributed by atoms with E-state index in [1.165, 1.54) is 6.20 Å². The van der Waals surface area contributed by atoms with E-state index in [2.05, 4.69) is 4.98 Å². The van der Waals surface area contributed by atoms with Gasteiger partial charge in [-0.05, 0) is 31.2 Å². The van der Waals surface area contributed by atoms with Gasteiger partial charge in [0.25, 0.3) is 0 Å². The molecule has 0 aliphatic rings. The maximum Gasteiger partial charge on any atom is 0.222 e. The molecule has 18 heavy (non-hydrogen) atoms. The van der Waals surface area contributed by atoms with E-state index in [-0.39, 0.29) is 0 Å². The van der Waals surface area contributed by atoms with Crippen LogP contribution >= 0.6 is 23.2 Å². The fraction of sp³-hybridized carbons (Fsp3) is 0.0769. The first-order chi connectivity index (χ1) is 8.58. The second kappa shape index (κ2) is 5.38. The normalized spacial score (nSPS) is 10.2. The lowest BCUT2D eigenvalue weighted by Gasteiger charge is -2.08. The summed E-state index contributed by atoms with van der Waals surface area (Å²) in [6.07, 6.45) is 2.18. The van der Waals surface area contributed by atoms with E-state index in [9.17, 15) is 4.79 Å². The molecule has 0 radical (unpaired) electrons. The number of nitrogens with zero attached hydrogens (tertiary/aromatic N) is 1. The maximum atomic E-state index is 10.6. The Morgan fingerprint density at radius 1 is 1.17 bits per heavy atom. The van der Waals surface area contributed by atoms with E-state index in [1.54, 1.807) is 24.3 Å². The zero-order valence-corrected chi connectivity index (χ0v) is 11.0. The first-order valence-corrected chi connectivity index (χ1v) is 5.90. The number of aryl methyl sites for hydroxylation is 1. The van der Waals surface area contributed by atoms with Gasteiger partial charge in [-0.1, -0.05) is 23.2 Å². The Hall–Kier alpha value is -1.58. The smallest absolute Gasteiger partial charge is 0.222 e. The number of aldehydes is 1. The highest BCUT2D eigenvalue weighted by molar-refractivity contribution is 6.34. The Balaban J connectivity index is 2.31. The van der Waals surface area contributed by atoms with Gasteiger partial charge in [0.15, 0.2) is 6.29 Å². The summed E-state index contributed by atoms with van der Waals surface area (Å²) in [6, 6.07) is 6.59. The van der Waals surface area contributed by atoms with E-state index in [0.717, 1.165) is 11.8 Å². The van der Waals surface area contributed by atoms with E-state index in [4.69, 9.17) is 27.9 Å². The minimum atomic E-state index is 0.416. The molecule has 0 fully saturated rings. The number of carbonyl (C=O) groups is 1. The van der Waals surface area contributed by atoms with Crippen LogP contribution in [0.3, 0.4) is 0 Å². The van der Waals surface area contributed by atoms with Crippen molar-refractivity contribution >= 4 is 29.5 Å². The molecule has 1 heterocycles. The van der Waals surface area contributed by atoms with Crippen molar-refractivity contribution in [2.75, 3.05) is 0 Å². The molecule has 0 bridgehead atoms. The topological polar surface area (TPSA) is 39.2 Å². The minimum absolute atomic E-state index is 0.416. The lowest BCUT2D eigenvalue weighted by atomic mass is 10.2. The van der Waals surface area contributed by atoms with Gasteiger partial charge in [-0.25, -0.2) is 4.98 Å². The zero-order chi connectivity index (χ0) is 13.1. The Kier molecular flexibility index (Phi) is 3.84. The molecule has 0 spiro atoms. The second-order valence-corrected chi connectivity index (χ2v) is 4.59. The SMILES string of the molecule is Cc1cc(C=O)cnc1Oc1cc(Cl)cc(Cl)c1. The van der Waals surface area contributed by atoms with Gasteiger partial charge in [-0.3, -0.25) is 4.79 Å². The largest absolute Gasteiger partial charge is 0.439 e. The van der Waals surface area contributed by atoms with Crippen LogP contribution < -0.4 is 4.74 Å². The molecule has 0 saturated carbocycles. The first-order valence-electron chi connectivity index (χ1n) is 5.14. The molecule has 0 aliphatic heterocycles. The fourth-order valence-corrected chi connectivity index (χ4v) is 1.96. The number of aromatic nitrogens is 1. The highest BCUT2D eigenvalue weighted by atomic mass is 35.5. The number of benzene rings is 1. The number of rotatable bonds is 3. The van der Waals surface area contributed by atoms with Crippen LogP contribution in [0.1, 0.15) is 15.9 Å². The van der Waals surface area contributed by atoms with Crippen LogP contribution in [0.4, 0.5) is 0 Å². The third-order valence-electron chi connectivity index (χ3n) is 2.24. The van der Waals surface area contributed by atoms with Crippen LogP contribution in [0.5, 0.6) is 11.6 Å². The van der Waals surface area contributed by atoms with Gasteiger partial charge < -0.3 is 4.74 Å². The maximum absolute atomic E-state index is 10.6. The summed E-state index contributed by atoms with van der Waals surface area (Å²) in [5.74, 6) is 0.917. The van der Waals surface area contributed by atoms with E-state index in [1.807, 2.05) is 6.92 Å².